The highest BCUT2D eigenvalue weighted by Gasteiger charge is 2.10. The molecule has 114 valence electrons. The van der Waals surface area contributed by atoms with Crippen LogP contribution in [0.2, 0.25) is 0 Å². The first-order valence-corrected chi connectivity index (χ1v) is 6.87. The Morgan fingerprint density at radius 3 is 2.48 bits per heavy atom. The Hall–Kier alpha value is -3.41. The molecule has 0 radical (unpaired) electrons. The Balaban J connectivity index is 2.08. The number of hydrogen-bond donors (Lipinski definition) is 3. The first kappa shape index (κ1) is 14.5. The molecule has 23 heavy (non-hydrogen) atoms. The van der Waals surface area contributed by atoms with Crippen LogP contribution >= 0.6 is 0 Å². The number of carbonyl (C=O) groups is 1. The van der Waals surface area contributed by atoms with E-state index in [1.807, 2.05) is 6.07 Å². The maximum atomic E-state index is 11.3. The van der Waals surface area contributed by atoms with Gasteiger partial charge in [-0.25, -0.2) is 9.97 Å². The van der Waals surface area contributed by atoms with E-state index >= 15 is 0 Å². The number of carbonyl (C=O) groups excluding carboxylic acids is 1. The van der Waals surface area contributed by atoms with Crippen molar-refractivity contribution in [2.24, 2.45) is 5.73 Å². The first-order valence-electron chi connectivity index (χ1n) is 6.87. The molecular weight excluding hydrogens is 292 g/mol. The van der Waals surface area contributed by atoms with Gasteiger partial charge in [0.1, 0.15) is 17.3 Å². The molecule has 0 unspecified atom stereocenters. The number of primary amides is 1. The third kappa shape index (κ3) is 2.96. The average molecular weight is 306 g/mol. The number of phenols is 1. The van der Waals surface area contributed by atoms with Gasteiger partial charge in [0.25, 0.3) is 0 Å². The van der Waals surface area contributed by atoms with Crippen molar-refractivity contribution in [1.82, 2.24) is 9.97 Å². The lowest BCUT2D eigenvalue weighted by atomic mass is 10.1. The SMILES string of the molecule is NC(=O)c1cccc(-c2cnc(N)c(-c3ccc(O)cc3)n2)c1. The van der Waals surface area contributed by atoms with E-state index in [1.165, 1.54) is 0 Å². The number of aromatic nitrogens is 2. The van der Waals surface area contributed by atoms with Gasteiger partial charge in [-0.1, -0.05) is 12.1 Å². The molecule has 0 aliphatic carbocycles. The van der Waals surface area contributed by atoms with Crippen LogP contribution < -0.4 is 11.5 Å². The van der Waals surface area contributed by atoms with Gasteiger partial charge in [-0.05, 0) is 36.4 Å². The fourth-order valence-corrected chi connectivity index (χ4v) is 2.20. The lowest BCUT2D eigenvalue weighted by Gasteiger charge is -2.08. The second-order valence-corrected chi connectivity index (χ2v) is 4.98. The molecule has 1 heterocycles. The van der Waals surface area contributed by atoms with Crippen LogP contribution in [0.5, 0.6) is 5.75 Å². The van der Waals surface area contributed by atoms with Crippen molar-refractivity contribution in [2.75, 3.05) is 5.73 Å². The summed E-state index contributed by atoms with van der Waals surface area (Å²) in [4.78, 5) is 20.0. The van der Waals surface area contributed by atoms with Crippen molar-refractivity contribution >= 4 is 11.7 Å². The highest BCUT2D eigenvalue weighted by atomic mass is 16.3. The largest absolute Gasteiger partial charge is 0.508 e. The number of phenolic OH excluding ortho intramolecular Hbond substituents is 1. The Morgan fingerprint density at radius 2 is 1.78 bits per heavy atom. The second kappa shape index (κ2) is 5.76. The van der Waals surface area contributed by atoms with E-state index in [-0.39, 0.29) is 11.6 Å². The van der Waals surface area contributed by atoms with Gasteiger partial charge in [0.2, 0.25) is 5.91 Å². The third-order valence-corrected chi connectivity index (χ3v) is 3.38. The molecule has 1 amide bonds. The predicted octanol–water partition coefficient (Wildman–Crippen LogP) is 2.20. The topological polar surface area (TPSA) is 115 Å². The van der Waals surface area contributed by atoms with Gasteiger partial charge in [0, 0.05) is 16.7 Å². The summed E-state index contributed by atoms with van der Waals surface area (Å²) in [6, 6.07) is 13.4. The van der Waals surface area contributed by atoms with E-state index < -0.39 is 5.91 Å². The van der Waals surface area contributed by atoms with Crippen molar-refractivity contribution in [3.05, 3.63) is 60.3 Å². The number of hydrogen-bond acceptors (Lipinski definition) is 5. The zero-order chi connectivity index (χ0) is 16.4. The number of amides is 1. The highest BCUT2D eigenvalue weighted by Crippen LogP contribution is 2.27. The molecule has 6 heteroatoms. The molecule has 0 saturated heterocycles. The average Bonchev–Trinajstić information content (AvgIpc) is 2.56. The minimum Gasteiger partial charge on any atom is -0.508 e. The molecule has 0 aliphatic rings. The fourth-order valence-electron chi connectivity index (χ4n) is 2.20. The molecule has 6 nitrogen and oxygen atoms in total. The van der Waals surface area contributed by atoms with Gasteiger partial charge in [0.05, 0.1) is 11.9 Å². The van der Waals surface area contributed by atoms with Crippen LogP contribution in [0.25, 0.3) is 22.5 Å². The van der Waals surface area contributed by atoms with Crippen LogP contribution in [0.4, 0.5) is 5.82 Å². The van der Waals surface area contributed by atoms with E-state index in [4.69, 9.17) is 11.5 Å². The predicted molar refractivity (Wildman–Crippen MR) is 87.5 cm³/mol. The minimum atomic E-state index is -0.506. The summed E-state index contributed by atoms with van der Waals surface area (Å²) >= 11 is 0. The molecule has 5 N–H and O–H groups in total. The Morgan fingerprint density at radius 1 is 1.04 bits per heavy atom. The van der Waals surface area contributed by atoms with E-state index in [0.29, 0.717) is 22.5 Å². The molecule has 0 fully saturated rings. The van der Waals surface area contributed by atoms with Crippen LogP contribution in [0, 0.1) is 0 Å². The van der Waals surface area contributed by atoms with Gasteiger partial charge in [-0.3, -0.25) is 4.79 Å². The number of rotatable bonds is 3. The summed E-state index contributed by atoms with van der Waals surface area (Å²) in [7, 11) is 0. The Kier molecular flexibility index (Phi) is 3.64. The zero-order valence-electron chi connectivity index (χ0n) is 12.1. The Bertz CT molecular complexity index is 876. The molecule has 0 atom stereocenters. The molecule has 1 aromatic heterocycles. The van der Waals surface area contributed by atoms with Crippen molar-refractivity contribution in [3.8, 4) is 28.3 Å². The van der Waals surface area contributed by atoms with Crippen LogP contribution in [-0.2, 0) is 0 Å². The van der Waals surface area contributed by atoms with E-state index in [9.17, 15) is 9.90 Å². The van der Waals surface area contributed by atoms with Crippen LogP contribution in [0.15, 0.2) is 54.7 Å². The molecule has 0 bridgehead atoms. The van der Waals surface area contributed by atoms with Crippen molar-refractivity contribution in [1.29, 1.82) is 0 Å². The normalized spacial score (nSPS) is 10.4. The lowest BCUT2D eigenvalue weighted by molar-refractivity contribution is 0.100. The molecule has 0 saturated carbocycles. The maximum absolute atomic E-state index is 11.3. The number of nitrogen functional groups attached to an aromatic ring is 1. The summed E-state index contributed by atoms with van der Waals surface area (Å²) < 4.78 is 0. The molecule has 2 aromatic carbocycles. The van der Waals surface area contributed by atoms with Crippen molar-refractivity contribution < 1.29 is 9.90 Å². The highest BCUT2D eigenvalue weighted by molar-refractivity contribution is 5.94. The van der Waals surface area contributed by atoms with Crippen molar-refractivity contribution in [2.45, 2.75) is 0 Å². The van der Waals surface area contributed by atoms with Crippen molar-refractivity contribution in [3.63, 3.8) is 0 Å². The van der Waals surface area contributed by atoms with Gasteiger partial charge in [0.15, 0.2) is 0 Å². The molecule has 3 aromatic rings. The summed E-state index contributed by atoms with van der Waals surface area (Å²) in [5.74, 6) is -0.0647. The van der Waals surface area contributed by atoms with Gasteiger partial charge >= 0.3 is 0 Å². The minimum absolute atomic E-state index is 0.158. The molecule has 0 spiro atoms. The number of anilines is 1. The smallest absolute Gasteiger partial charge is 0.248 e. The monoisotopic (exact) mass is 306 g/mol. The summed E-state index contributed by atoms with van der Waals surface area (Å²) in [6.07, 6.45) is 1.54. The van der Waals surface area contributed by atoms with Gasteiger partial charge in [-0.15, -0.1) is 0 Å². The van der Waals surface area contributed by atoms with E-state index in [2.05, 4.69) is 9.97 Å². The van der Waals surface area contributed by atoms with Gasteiger partial charge in [-0.2, -0.15) is 0 Å². The van der Waals surface area contributed by atoms with Crippen LogP contribution in [0.3, 0.4) is 0 Å². The quantitative estimate of drug-likeness (QED) is 0.686. The summed E-state index contributed by atoms with van der Waals surface area (Å²) in [6.45, 7) is 0. The molecule has 0 aliphatic heterocycles. The summed E-state index contributed by atoms with van der Waals surface area (Å²) in [5, 5.41) is 9.38. The standard InChI is InChI=1S/C17H14N4O2/c18-16-15(10-4-6-13(22)7-5-10)21-14(9-20-16)11-2-1-3-12(8-11)17(19)23/h1-9,22H,(H2,18,20)(H2,19,23). The van der Waals surface area contributed by atoms with E-state index in [0.717, 1.165) is 5.56 Å². The fraction of sp³-hybridized carbons (Fsp3) is 0. The van der Waals surface area contributed by atoms with E-state index in [1.54, 1.807) is 48.7 Å². The number of aromatic hydroxyl groups is 1. The first-order chi connectivity index (χ1) is 11.0. The Labute approximate surface area is 132 Å². The number of benzene rings is 2. The van der Waals surface area contributed by atoms with Gasteiger partial charge < -0.3 is 16.6 Å². The zero-order valence-corrected chi connectivity index (χ0v) is 12.1. The van der Waals surface area contributed by atoms with Crippen LogP contribution in [-0.4, -0.2) is 21.0 Å². The molecule has 3 rings (SSSR count). The van der Waals surface area contributed by atoms with Crippen LogP contribution in [0.1, 0.15) is 10.4 Å². The molecular formula is C17H14N4O2. The third-order valence-electron chi connectivity index (χ3n) is 3.38. The lowest BCUT2D eigenvalue weighted by Crippen LogP contribution is -2.10. The second-order valence-electron chi connectivity index (χ2n) is 4.98. The number of nitrogens with two attached hydrogens (primary N) is 2. The summed E-state index contributed by atoms with van der Waals surface area (Å²) in [5.41, 5.74) is 14.1. The maximum Gasteiger partial charge on any atom is 0.248 e. The number of nitrogens with zero attached hydrogens (tertiary/aromatic N) is 2.